The highest BCUT2D eigenvalue weighted by Crippen LogP contribution is 2.37. The maximum atomic E-state index is 12.9. The van der Waals surface area contributed by atoms with Crippen molar-refractivity contribution in [1.29, 1.82) is 0 Å². The minimum Gasteiger partial charge on any atom is -0.496 e. The molecule has 0 heterocycles. The maximum absolute atomic E-state index is 12.9. The summed E-state index contributed by atoms with van der Waals surface area (Å²) >= 11 is 12.3. The quantitative estimate of drug-likeness (QED) is 0.612. The van der Waals surface area contributed by atoms with Crippen LogP contribution < -0.4 is 14.2 Å². The number of benzene rings is 2. The number of methoxy groups -OCH3 is 2. The number of halogens is 2. The molecule has 0 saturated heterocycles. The fourth-order valence-electron chi connectivity index (χ4n) is 3.05. The monoisotopic (exact) mass is 445 g/mol. The van der Waals surface area contributed by atoms with E-state index in [1.54, 1.807) is 14.0 Å². The second kappa shape index (κ2) is 8.91. The summed E-state index contributed by atoms with van der Waals surface area (Å²) < 4.78 is 39.1. The van der Waals surface area contributed by atoms with Gasteiger partial charge in [0.2, 0.25) is 10.0 Å². The van der Waals surface area contributed by atoms with Crippen molar-refractivity contribution in [3.05, 3.63) is 51.0 Å². The molecule has 2 aromatic carbocycles. The molecule has 1 N–H and O–H groups in total. The van der Waals surface area contributed by atoms with Gasteiger partial charge in [0.25, 0.3) is 0 Å². The van der Waals surface area contributed by atoms with Crippen LogP contribution in [0, 0.1) is 6.92 Å². The Bertz CT molecular complexity index is 975. The van der Waals surface area contributed by atoms with Gasteiger partial charge in [-0.05, 0) is 60.7 Å². The average Bonchev–Trinajstić information content (AvgIpc) is 2.62. The van der Waals surface area contributed by atoms with Crippen LogP contribution in [-0.4, -0.2) is 22.6 Å². The van der Waals surface area contributed by atoms with Crippen LogP contribution in [0.2, 0.25) is 10.0 Å². The smallest absolute Gasteiger partial charge is 0.242 e. The maximum Gasteiger partial charge on any atom is 0.242 e. The third-order valence-electron chi connectivity index (χ3n) is 4.56. The van der Waals surface area contributed by atoms with Gasteiger partial charge in [0.15, 0.2) is 0 Å². The van der Waals surface area contributed by atoms with Crippen LogP contribution >= 0.6 is 23.2 Å². The van der Waals surface area contributed by atoms with Gasteiger partial charge in [-0.15, -0.1) is 0 Å². The molecule has 0 radical (unpaired) electrons. The van der Waals surface area contributed by atoms with Crippen molar-refractivity contribution < 1.29 is 17.9 Å². The summed E-state index contributed by atoms with van der Waals surface area (Å²) in [4.78, 5) is -0.0953. The summed E-state index contributed by atoms with van der Waals surface area (Å²) in [6.45, 7) is 7.83. The lowest BCUT2D eigenvalue weighted by Gasteiger charge is -2.21. The summed E-state index contributed by atoms with van der Waals surface area (Å²) in [5, 5.41) is -0.0162. The molecule has 0 spiro atoms. The molecule has 0 aliphatic rings. The predicted molar refractivity (Wildman–Crippen MR) is 114 cm³/mol. The molecule has 0 unspecified atom stereocenters. The lowest BCUT2D eigenvalue weighted by Crippen LogP contribution is -2.27. The van der Waals surface area contributed by atoms with Gasteiger partial charge in [-0.2, -0.15) is 0 Å². The van der Waals surface area contributed by atoms with E-state index in [-0.39, 0.29) is 20.9 Å². The fraction of sp³-hybridized carbons (Fsp3) is 0.400. The number of rotatable bonds is 7. The third-order valence-corrected chi connectivity index (χ3v) is 7.12. The molecule has 0 amide bonds. The van der Waals surface area contributed by atoms with Crippen molar-refractivity contribution in [2.45, 2.75) is 44.6 Å². The second-order valence-electron chi connectivity index (χ2n) is 6.84. The van der Waals surface area contributed by atoms with Crippen molar-refractivity contribution in [1.82, 2.24) is 4.72 Å². The van der Waals surface area contributed by atoms with Gasteiger partial charge in [-0.3, -0.25) is 0 Å². The van der Waals surface area contributed by atoms with E-state index >= 15 is 0 Å². The van der Waals surface area contributed by atoms with Crippen molar-refractivity contribution in [3.63, 3.8) is 0 Å². The molecule has 2 rings (SSSR count). The normalized spacial score (nSPS) is 12.9. The summed E-state index contributed by atoms with van der Waals surface area (Å²) in [6, 6.07) is 6.28. The zero-order chi connectivity index (χ0) is 21.2. The zero-order valence-electron chi connectivity index (χ0n) is 16.8. The minimum absolute atomic E-state index is 0.0578. The van der Waals surface area contributed by atoms with Crippen molar-refractivity contribution in [2.75, 3.05) is 14.2 Å². The van der Waals surface area contributed by atoms with Gasteiger partial charge in [0.1, 0.15) is 21.4 Å². The number of nitrogens with one attached hydrogen (secondary N) is 1. The largest absolute Gasteiger partial charge is 0.496 e. The first kappa shape index (κ1) is 22.8. The Balaban J connectivity index is 2.43. The lowest BCUT2D eigenvalue weighted by atomic mass is 9.94. The minimum atomic E-state index is -3.90. The number of ether oxygens (including phenoxy) is 2. The Morgan fingerprint density at radius 3 is 2.07 bits per heavy atom. The highest BCUT2D eigenvalue weighted by Gasteiger charge is 2.25. The second-order valence-corrected chi connectivity index (χ2v) is 9.28. The van der Waals surface area contributed by atoms with E-state index in [2.05, 4.69) is 18.6 Å². The topological polar surface area (TPSA) is 64.6 Å². The fourth-order valence-corrected chi connectivity index (χ4v) is 5.11. The molecule has 1 atom stereocenters. The summed E-state index contributed by atoms with van der Waals surface area (Å²) in [5.41, 5.74) is 2.80. The van der Waals surface area contributed by atoms with E-state index in [1.807, 2.05) is 19.1 Å². The number of hydrogen-bond acceptors (Lipinski definition) is 4. The van der Waals surface area contributed by atoms with Crippen LogP contribution in [0.4, 0.5) is 0 Å². The number of hydrogen-bond donors (Lipinski definition) is 1. The lowest BCUT2D eigenvalue weighted by molar-refractivity contribution is 0.406. The third kappa shape index (κ3) is 4.57. The molecule has 154 valence electrons. The first-order valence-corrected chi connectivity index (χ1v) is 11.0. The first-order chi connectivity index (χ1) is 13.0. The van der Waals surface area contributed by atoms with Gasteiger partial charge >= 0.3 is 0 Å². The summed E-state index contributed by atoms with van der Waals surface area (Å²) in [7, 11) is -0.842. The molecule has 0 saturated carbocycles. The molecule has 5 nitrogen and oxygen atoms in total. The van der Waals surface area contributed by atoms with Crippen LogP contribution in [0.5, 0.6) is 11.5 Å². The van der Waals surface area contributed by atoms with E-state index in [9.17, 15) is 8.42 Å². The van der Waals surface area contributed by atoms with E-state index in [0.29, 0.717) is 5.75 Å². The summed E-state index contributed by atoms with van der Waals surface area (Å²) in [5.74, 6) is 1.33. The molecule has 0 aliphatic heterocycles. The number of aryl methyl sites for hydroxylation is 1. The van der Waals surface area contributed by atoms with Crippen LogP contribution in [0.3, 0.4) is 0 Å². The zero-order valence-corrected chi connectivity index (χ0v) is 19.1. The molecule has 28 heavy (non-hydrogen) atoms. The van der Waals surface area contributed by atoms with E-state index in [1.165, 1.54) is 19.2 Å². The Hall–Kier alpha value is -1.47. The SMILES string of the molecule is COc1cc(C)c([C@H](C)NS(=O)(=O)c2ccc(OC)c(Cl)c2Cl)cc1C(C)C. The molecular formula is C20H25Cl2NO4S. The van der Waals surface area contributed by atoms with Crippen LogP contribution in [0.15, 0.2) is 29.2 Å². The Labute approximate surface area is 177 Å². The van der Waals surface area contributed by atoms with Crippen molar-refractivity contribution in [2.24, 2.45) is 0 Å². The highest BCUT2D eigenvalue weighted by molar-refractivity contribution is 7.89. The molecule has 0 bridgehead atoms. The van der Waals surface area contributed by atoms with E-state index < -0.39 is 16.1 Å². The van der Waals surface area contributed by atoms with Crippen molar-refractivity contribution >= 4 is 33.2 Å². The molecule has 2 aromatic rings. The average molecular weight is 446 g/mol. The van der Waals surface area contributed by atoms with Crippen LogP contribution in [0.25, 0.3) is 0 Å². The number of sulfonamides is 1. The van der Waals surface area contributed by atoms with Gasteiger partial charge in [-0.25, -0.2) is 13.1 Å². The van der Waals surface area contributed by atoms with Gasteiger partial charge in [-0.1, -0.05) is 37.0 Å². The molecule has 0 aliphatic carbocycles. The van der Waals surface area contributed by atoms with E-state index in [0.717, 1.165) is 22.4 Å². The Morgan fingerprint density at radius 2 is 1.54 bits per heavy atom. The highest BCUT2D eigenvalue weighted by atomic mass is 35.5. The predicted octanol–water partition coefficient (Wildman–Crippen LogP) is 5.48. The van der Waals surface area contributed by atoms with Gasteiger partial charge in [0, 0.05) is 6.04 Å². The van der Waals surface area contributed by atoms with Crippen LogP contribution in [-0.2, 0) is 10.0 Å². The van der Waals surface area contributed by atoms with Crippen LogP contribution in [0.1, 0.15) is 49.4 Å². The molecule has 8 heteroatoms. The Morgan fingerprint density at radius 1 is 0.929 bits per heavy atom. The molecule has 0 fully saturated rings. The molecular weight excluding hydrogens is 421 g/mol. The van der Waals surface area contributed by atoms with Gasteiger partial charge in [0.05, 0.1) is 19.2 Å². The van der Waals surface area contributed by atoms with E-state index in [4.69, 9.17) is 32.7 Å². The van der Waals surface area contributed by atoms with Crippen molar-refractivity contribution in [3.8, 4) is 11.5 Å². The van der Waals surface area contributed by atoms with Gasteiger partial charge < -0.3 is 9.47 Å². The summed E-state index contributed by atoms with van der Waals surface area (Å²) in [6.07, 6.45) is 0. The first-order valence-electron chi connectivity index (χ1n) is 8.76. The Kier molecular flexibility index (Phi) is 7.26. The molecule has 0 aromatic heterocycles. The standard InChI is InChI=1S/C20H25Cl2NO4S/c1-11(2)14-10-15(12(3)9-17(14)27-6)13(4)23-28(24,25)18-8-7-16(26-5)19(21)20(18)22/h7-11,13,23H,1-6H3/t13-/m0/s1.